The van der Waals surface area contributed by atoms with E-state index in [0.29, 0.717) is 34.5 Å². The van der Waals surface area contributed by atoms with E-state index in [1.54, 1.807) is 0 Å². The van der Waals surface area contributed by atoms with Crippen molar-refractivity contribution in [1.29, 1.82) is 0 Å². The highest BCUT2D eigenvalue weighted by Crippen LogP contribution is 2.48. The number of rotatable bonds is 6. The highest BCUT2D eigenvalue weighted by Gasteiger charge is 2.48. The lowest BCUT2D eigenvalue weighted by Gasteiger charge is -2.18. The Morgan fingerprint density at radius 3 is 2.30 bits per heavy atom. The lowest BCUT2D eigenvalue weighted by molar-refractivity contribution is -0.139. The van der Waals surface area contributed by atoms with E-state index in [-0.39, 0.29) is 18.3 Å². The number of carboxylic acid groups (broad SMARTS) is 2. The van der Waals surface area contributed by atoms with Gasteiger partial charge in [0.05, 0.1) is 5.69 Å². The van der Waals surface area contributed by atoms with Crippen molar-refractivity contribution in [2.45, 2.75) is 53.9 Å². The molecule has 0 amide bonds. The third kappa shape index (κ3) is 4.25. The molecule has 3 aromatic heterocycles. The van der Waals surface area contributed by atoms with Gasteiger partial charge in [0.25, 0.3) is 0 Å². The molecule has 222 valence electrons. The summed E-state index contributed by atoms with van der Waals surface area (Å²) in [4.78, 5) is 48.6. The zero-order valence-corrected chi connectivity index (χ0v) is 25.0. The van der Waals surface area contributed by atoms with Crippen molar-refractivity contribution in [1.82, 2.24) is 20.3 Å². The van der Waals surface area contributed by atoms with Gasteiger partial charge in [-0.15, -0.1) is 0 Å². The van der Waals surface area contributed by atoms with Crippen LogP contribution in [0.1, 0.15) is 87.6 Å². The minimum absolute atomic E-state index is 0.0859. The summed E-state index contributed by atoms with van der Waals surface area (Å²) in [6.07, 6.45) is 8.92. The quantitative estimate of drug-likeness (QED) is 0.241. The predicted molar refractivity (Wildman–Crippen MR) is 165 cm³/mol. The van der Waals surface area contributed by atoms with Crippen LogP contribution >= 0.6 is 0 Å². The van der Waals surface area contributed by atoms with Crippen LogP contribution in [0.15, 0.2) is 18.0 Å². The predicted octanol–water partition coefficient (Wildman–Crippen LogP) is 4.14. The average molecular weight is 581 g/mol. The van der Waals surface area contributed by atoms with Gasteiger partial charge in [-0.3, -0.25) is 14.4 Å². The van der Waals surface area contributed by atoms with Gasteiger partial charge in [0.15, 0.2) is 5.78 Å². The van der Waals surface area contributed by atoms with Gasteiger partial charge in [-0.05, 0) is 74.1 Å². The lowest BCUT2D eigenvalue weighted by Crippen LogP contribution is -2.24. The maximum absolute atomic E-state index is 13.8. The molecular formula is C34H36N4O5. The van der Waals surface area contributed by atoms with Crippen molar-refractivity contribution in [2.24, 2.45) is 17.8 Å². The second-order valence-corrected chi connectivity index (χ2v) is 11.8. The van der Waals surface area contributed by atoms with Gasteiger partial charge >= 0.3 is 11.9 Å². The Balaban J connectivity index is 1.74. The highest BCUT2D eigenvalue weighted by atomic mass is 16.4. The van der Waals surface area contributed by atoms with E-state index in [0.717, 1.165) is 62.2 Å². The molecule has 9 nitrogen and oxygen atoms in total. The van der Waals surface area contributed by atoms with Crippen LogP contribution in [0, 0.1) is 38.5 Å². The number of fused-ring (bicyclic) bond motifs is 7. The van der Waals surface area contributed by atoms with E-state index in [1.807, 2.05) is 39.0 Å². The Labute approximate surface area is 248 Å². The van der Waals surface area contributed by atoms with Gasteiger partial charge in [-0.1, -0.05) is 26.5 Å². The second kappa shape index (κ2) is 10.2. The number of aliphatic carboxylic acids is 2. The number of ketones is 1. The first-order chi connectivity index (χ1) is 20.5. The van der Waals surface area contributed by atoms with Crippen LogP contribution in [-0.2, 0) is 16.0 Å². The van der Waals surface area contributed by atoms with Crippen molar-refractivity contribution in [3.05, 3.63) is 84.8 Å². The van der Waals surface area contributed by atoms with Crippen molar-refractivity contribution >= 4 is 47.6 Å². The fourth-order valence-electron chi connectivity index (χ4n) is 7.17. The number of aromatic nitrogens is 3. The van der Waals surface area contributed by atoms with Gasteiger partial charge < -0.3 is 30.5 Å². The third-order valence-electron chi connectivity index (χ3n) is 9.56. The van der Waals surface area contributed by atoms with Gasteiger partial charge in [-0.25, -0.2) is 0 Å². The number of nitrogens with one attached hydrogen (secondary N) is 4. The number of H-pyrrole nitrogens is 3. The molecule has 6 rings (SSSR count). The number of carbonyl (C=O) groups is 3. The van der Waals surface area contributed by atoms with Crippen LogP contribution in [0.4, 0.5) is 0 Å². The number of carboxylic acids is 2. The van der Waals surface area contributed by atoms with Crippen LogP contribution in [0.25, 0.3) is 29.9 Å². The number of aromatic amines is 3. The molecule has 3 unspecified atom stereocenters. The highest BCUT2D eigenvalue weighted by molar-refractivity contribution is 6.24. The van der Waals surface area contributed by atoms with Crippen LogP contribution in [-0.4, -0.2) is 42.9 Å². The Bertz CT molecular complexity index is 1940. The fraction of sp³-hybridized carbons (Fsp3) is 0.324. The largest absolute Gasteiger partial charge is 0.481 e. The molecule has 1 aliphatic carbocycles. The summed E-state index contributed by atoms with van der Waals surface area (Å²) in [5.74, 6) is -4.49. The molecule has 3 atom stereocenters. The SMILES string of the molecule is C=Cc1c2[nH]c(c1C)/C=C1\N/C(=C3\c4[nH]c(c(C)c4C(=O)C3C(=O)O)/C=c3\[nH]/c(c(C)c3CC)=C\2)C(CCC(=O)O)C1C. The van der Waals surface area contributed by atoms with E-state index in [9.17, 15) is 24.6 Å². The third-order valence-corrected chi connectivity index (χ3v) is 9.56. The minimum Gasteiger partial charge on any atom is -0.481 e. The van der Waals surface area contributed by atoms with E-state index in [1.165, 1.54) is 0 Å². The molecule has 0 aromatic carbocycles. The Morgan fingerprint density at radius 2 is 1.65 bits per heavy atom. The fourth-order valence-corrected chi connectivity index (χ4v) is 7.17. The van der Waals surface area contributed by atoms with Gasteiger partial charge in [-0.2, -0.15) is 0 Å². The molecule has 43 heavy (non-hydrogen) atoms. The maximum Gasteiger partial charge on any atom is 0.319 e. The molecule has 1 saturated heterocycles. The van der Waals surface area contributed by atoms with Crippen LogP contribution in [0.5, 0.6) is 0 Å². The average Bonchev–Trinajstić information content (AvgIpc) is 3.68. The van der Waals surface area contributed by atoms with Crippen LogP contribution in [0.2, 0.25) is 0 Å². The Morgan fingerprint density at radius 1 is 0.953 bits per heavy atom. The first-order valence-electron chi connectivity index (χ1n) is 14.7. The zero-order chi connectivity index (χ0) is 30.9. The molecular weight excluding hydrogens is 544 g/mol. The van der Waals surface area contributed by atoms with Crippen LogP contribution < -0.4 is 16.0 Å². The minimum atomic E-state index is -1.39. The standard InChI is InChI=1S/C34H36N4O5/c1-7-18-14(3)21-11-23-16(5)20(9-10-27(39)40)31(37-23)29-30(34(42)43)33(41)28-17(6)24(38-32(28)29)13-26-19(8-2)15(4)22(36-26)12-25(18)35-21/h7,11-13,16,20,30,35-38H,1,8-10H2,2-6H3,(H,39,40)(H,42,43)/b22-12-,23-11-,26-13-,31-29-. The van der Waals surface area contributed by atoms with Crippen molar-refractivity contribution in [3.8, 4) is 0 Å². The van der Waals surface area contributed by atoms with Crippen molar-refractivity contribution in [3.63, 3.8) is 0 Å². The van der Waals surface area contributed by atoms with E-state index >= 15 is 0 Å². The number of hydrogen-bond acceptors (Lipinski definition) is 4. The van der Waals surface area contributed by atoms with Gasteiger partial charge in [0.2, 0.25) is 0 Å². The molecule has 0 radical (unpaired) electrons. The summed E-state index contributed by atoms with van der Waals surface area (Å²) < 4.78 is 0. The number of hydrogen-bond donors (Lipinski definition) is 6. The second-order valence-electron chi connectivity index (χ2n) is 11.8. The molecule has 2 aliphatic heterocycles. The zero-order valence-electron chi connectivity index (χ0n) is 25.0. The summed E-state index contributed by atoms with van der Waals surface area (Å²) in [6, 6.07) is 0. The molecule has 3 aliphatic rings. The van der Waals surface area contributed by atoms with E-state index in [2.05, 4.69) is 46.8 Å². The molecule has 5 heterocycles. The number of Topliss-reactive ketones (excluding diaryl/α,β-unsaturated/α-hetero) is 1. The van der Waals surface area contributed by atoms with Gasteiger partial charge in [0.1, 0.15) is 5.92 Å². The molecule has 8 bridgehead atoms. The molecule has 0 saturated carbocycles. The molecule has 3 aromatic rings. The van der Waals surface area contributed by atoms with Gasteiger partial charge in [0, 0.05) is 74.1 Å². The number of allylic oxidation sites excluding steroid dienone is 2. The monoisotopic (exact) mass is 580 g/mol. The molecule has 9 heteroatoms. The topological polar surface area (TPSA) is 151 Å². The first kappa shape index (κ1) is 28.3. The molecule has 1 fully saturated rings. The van der Waals surface area contributed by atoms with Crippen molar-refractivity contribution in [2.75, 3.05) is 0 Å². The van der Waals surface area contributed by atoms with E-state index in [4.69, 9.17) is 0 Å². The Hall–Kier alpha value is -4.79. The first-order valence-corrected chi connectivity index (χ1v) is 14.7. The molecule has 6 N–H and O–H groups in total. The normalized spacial score (nSPS) is 24.9. The molecule has 0 spiro atoms. The summed E-state index contributed by atoms with van der Waals surface area (Å²) in [7, 11) is 0. The summed E-state index contributed by atoms with van der Waals surface area (Å²) in [6.45, 7) is 14.1. The van der Waals surface area contributed by atoms with Crippen molar-refractivity contribution < 1.29 is 24.6 Å². The Kier molecular flexibility index (Phi) is 6.71. The summed E-state index contributed by atoms with van der Waals surface area (Å²) >= 11 is 0. The number of carbonyl (C=O) groups excluding carboxylic acids is 1. The lowest BCUT2D eigenvalue weighted by atomic mass is 9.85. The summed E-state index contributed by atoms with van der Waals surface area (Å²) in [5, 5.41) is 25.2. The van der Waals surface area contributed by atoms with E-state index < -0.39 is 23.6 Å². The maximum atomic E-state index is 13.8. The van der Waals surface area contributed by atoms with Crippen LogP contribution in [0.3, 0.4) is 0 Å². The smallest absolute Gasteiger partial charge is 0.319 e. The summed E-state index contributed by atoms with van der Waals surface area (Å²) in [5.41, 5.74) is 10.1.